The summed E-state index contributed by atoms with van der Waals surface area (Å²) in [5, 5.41) is 0. The van der Waals surface area contributed by atoms with Crippen LogP contribution in [0.3, 0.4) is 0 Å². The molecule has 1 atom stereocenters. The Kier molecular flexibility index (Phi) is 3.65. The molecule has 90 valence electrons. The van der Waals surface area contributed by atoms with E-state index in [4.69, 9.17) is 12.2 Å². The number of terminal acetylenes is 1. The summed E-state index contributed by atoms with van der Waals surface area (Å²) in [5.74, 6) is 4.45. The lowest BCUT2D eigenvalue weighted by molar-refractivity contribution is 0.732. The molecule has 0 amide bonds. The highest BCUT2D eigenvalue weighted by Gasteiger charge is 2.25. The van der Waals surface area contributed by atoms with Crippen LogP contribution in [0.4, 0.5) is 5.82 Å². The summed E-state index contributed by atoms with van der Waals surface area (Å²) < 4.78 is 0. The number of hydrogen-bond donors (Lipinski definition) is 1. The third-order valence-electron chi connectivity index (χ3n) is 3.06. The van der Waals surface area contributed by atoms with Crippen LogP contribution in [0, 0.1) is 18.3 Å². The number of rotatable bonds is 5. The quantitative estimate of drug-likeness (QED) is 0.785. The van der Waals surface area contributed by atoms with Gasteiger partial charge in [0.2, 0.25) is 0 Å². The van der Waals surface area contributed by atoms with Crippen LogP contribution in [0.5, 0.6) is 0 Å². The van der Waals surface area contributed by atoms with Gasteiger partial charge in [-0.3, -0.25) is 0 Å². The van der Waals surface area contributed by atoms with Gasteiger partial charge in [0.25, 0.3) is 0 Å². The molecule has 0 aliphatic heterocycles. The average molecular weight is 229 g/mol. The Balaban J connectivity index is 2.24. The summed E-state index contributed by atoms with van der Waals surface area (Å²) in [7, 11) is 0. The van der Waals surface area contributed by atoms with Gasteiger partial charge in [0.15, 0.2) is 0 Å². The Morgan fingerprint density at radius 1 is 1.65 bits per heavy atom. The van der Waals surface area contributed by atoms with E-state index in [1.54, 1.807) is 6.20 Å². The molecule has 1 aliphatic carbocycles. The van der Waals surface area contributed by atoms with Crippen LogP contribution in [-0.2, 0) is 0 Å². The molecule has 1 aromatic heterocycles. The molecule has 3 nitrogen and oxygen atoms in total. The topological polar surface area (TPSA) is 42.2 Å². The third-order valence-corrected chi connectivity index (χ3v) is 3.06. The summed E-state index contributed by atoms with van der Waals surface area (Å²) in [5.41, 5.74) is 7.05. The predicted molar refractivity (Wildman–Crippen MR) is 70.6 cm³/mol. The molecule has 0 bridgehead atoms. The Bertz CT molecular complexity index is 416. The van der Waals surface area contributed by atoms with Crippen LogP contribution in [0.1, 0.15) is 31.4 Å². The van der Waals surface area contributed by atoms with Gasteiger partial charge in [-0.25, -0.2) is 4.98 Å². The zero-order valence-corrected chi connectivity index (χ0v) is 10.3. The van der Waals surface area contributed by atoms with Crippen molar-refractivity contribution in [3.05, 3.63) is 23.9 Å². The molecule has 0 unspecified atom stereocenters. The second kappa shape index (κ2) is 5.20. The first kappa shape index (κ1) is 11.9. The van der Waals surface area contributed by atoms with Crippen molar-refractivity contribution in [3.63, 3.8) is 0 Å². The SMILES string of the molecule is C#CCN(CC1CC1)c1ncccc1[C@H](C)N. The number of hydrogen-bond acceptors (Lipinski definition) is 3. The molecule has 0 radical (unpaired) electrons. The van der Waals surface area contributed by atoms with Crippen LogP contribution in [-0.4, -0.2) is 18.1 Å². The van der Waals surface area contributed by atoms with Gasteiger partial charge in [-0.05, 0) is 31.7 Å². The van der Waals surface area contributed by atoms with E-state index in [9.17, 15) is 0 Å². The molecule has 0 aromatic carbocycles. The number of nitrogens with zero attached hydrogens (tertiary/aromatic N) is 2. The zero-order chi connectivity index (χ0) is 12.3. The van der Waals surface area contributed by atoms with E-state index in [0.29, 0.717) is 6.54 Å². The van der Waals surface area contributed by atoms with Crippen LogP contribution in [0.15, 0.2) is 18.3 Å². The lowest BCUT2D eigenvalue weighted by atomic mass is 10.1. The molecule has 2 N–H and O–H groups in total. The third kappa shape index (κ3) is 2.98. The van der Waals surface area contributed by atoms with E-state index >= 15 is 0 Å². The van der Waals surface area contributed by atoms with Gasteiger partial charge in [0.1, 0.15) is 5.82 Å². The molecule has 1 aromatic rings. The molecule has 0 spiro atoms. The van der Waals surface area contributed by atoms with Crippen molar-refractivity contribution in [1.82, 2.24) is 4.98 Å². The van der Waals surface area contributed by atoms with Crippen LogP contribution in [0.2, 0.25) is 0 Å². The minimum Gasteiger partial charge on any atom is -0.345 e. The van der Waals surface area contributed by atoms with Crippen molar-refractivity contribution < 1.29 is 0 Å². The second-order valence-corrected chi connectivity index (χ2v) is 4.73. The van der Waals surface area contributed by atoms with Crippen molar-refractivity contribution in [2.45, 2.75) is 25.8 Å². The van der Waals surface area contributed by atoms with Crippen molar-refractivity contribution in [2.24, 2.45) is 11.7 Å². The van der Waals surface area contributed by atoms with Gasteiger partial charge in [-0.2, -0.15) is 0 Å². The van der Waals surface area contributed by atoms with Crippen molar-refractivity contribution in [2.75, 3.05) is 18.0 Å². The smallest absolute Gasteiger partial charge is 0.134 e. The van der Waals surface area contributed by atoms with E-state index in [-0.39, 0.29) is 6.04 Å². The van der Waals surface area contributed by atoms with Gasteiger partial charge < -0.3 is 10.6 Å². The molecule has 3 heteroatoms. The maximum atomic E-state index is 5.98. The highest BCUT2D eigenvalue weighted by Crippen LogP contribution is 2.32. The van der Waals surface area contributed by atoms with E-state index < -0.39 is 0 Å². The van der Waals surface area contributed by atoms with Gasteiger partial charge in [-0.15, -0.1) is 6.42 Å². The molecule has 1 heterocycles. The summed E-state index contributed by atoms with van der Waals surface area (Å²) in [6.45, 7) is 3.58. The number of pyridine rings is 1. The van der Waals surface area contributed by atoms with Crippen LogP contribution in [0.25, 0.3) is 0 Å². The molecule has 2 rings (SSSR count). The fraction of sp³-hybridized carbons (Fsp3) is 0.500. The first-order chi connectivity index (χ1) is 8.22. The van der Waals surface area contributed by atoms with E-state index in [0.717, 1.165) is 23.8 Å². The molecule has 1 fully saturated rings. The monoisotopic (exact) mass is 229 g/mol. The highest BCUT2D eigenvalue weighted by molar-refractivity contribution is 5.49. The summed E-state index contributed by atoms with van der Waals surface area (Å²) in [6.07, 6.45) is 9.86. The van der Waals surface area contributed by atoms with Crippen LogP contribution < -0.4 is 10.6 Å². The fourth-order valence-corrected chi connectivity index (χ4v) is 1.98. The second-order valence-electron chi connectivity index (χ2n) is 4.73. The minimum atomic E-state index is -0.0156. The molecule has 17 heavy (non-hydrogen) atoms. The number of nitrogens with two attached hydrogens (primary N) is 1. The zero-order valence-electron chi connectivity index (χ0n) is 10.3. The highest BCUT2D eigenvalue weighted by atomic mass is 15.2. The first-order valence-corrected chi connectivity index (χ1v) is 6.11. The molecular weight excluding hydrogens is 210 g/mol. The summed E-state index contributed by atoms with van der Waals surface area (Å²) in [6, 6.07) is 3.94. The largest absolute Gasteiger partial charge is 0.345 e. The van der Waals surface area contributed by atoms with Crippen molar-refractivity contribution in [1.29, 1.82) is 0 Å². The Labute approximate surface area is 103 Å². The van der Waals surface area contributed by atoms with E-state index in [2.05, 4.69) is 15.8 Å². The van der Waals surface area contributed by atoms with Crippen LogP contribution >= 0.6 is 0 Å². The molecule has 1 saturated carbocycles. The normalized spacial score (nSPS) is 16.3. The van der Waals surface area contributed by atoms with Gasteiger partial charge in [0, 0.05) is 24.3 Å². The Morgan fingerprint density at radius 3 is 3.00 bits per heavy atom. The number of anilines is 1. The Morgan fingerprint density at radius 2 is 2.41 bits per heavy atom. The fourth-order valence-electron chi connectivity index (χ4n) is 1.98. The van der Waals surface area contributed by atoms with Crippen molar-refractivity contribution in [3.8, 4) is 12.3 Å². The maximum absolute atomic E-state index is 5.98. The van der Waals surface area contributed by atoms with Crippen molar-refractivity contribution >= 4 is 5.82 Å². The lowest BCUT2D eigenvalue weighted by Crippen LogP contribution is -2.29. The number of aromatic nitrogens is 1. The summed E-state index contributed by atoms with van der Waals surface area (Å²) >= 11 is 0. The Hall–Kier alpha value is -1.53. The standard InChI is InChI=1S/C14H19N3/c1-3-9-17(10-12-6-7-12)14-13(11(2)15)5-4-8-16-14/h1,4-5,8,11-12H,6-7,9-10,15H2,2H3/t11-/m0/s1. The first-order valence-electron chi connectivity index (χ1n) is 6.11. The maximum Gasteiger partial charge on any atom is 0.134 e. The van der Waals surface area contributed by atoms with Gasteiger partial charge in [0.05, 0.1) is 6.54 Å². The molecule has 0 saturated heterocycles. The molecule has 1 aliphatic rings. The minimum absolute atomic E-state index is 0.0156. The van der Waals surface area contributed by atoms with E-state index in [1.807, 2.05) is 19.1 Å². The van der Waals surface area contributed by atoms with E-state index in [1.165, 1.54) is 12.8 Å². The molecular formula is C14H19N3. The summed E-state index contributed by atoms with van der Waals surface area (Å²) in [4.78, 5) is 6.63. The predicted octanol–water partition coefficient (Wildman–Crippen LogP) is 1.95. The lowest BCUT2D eigenvalue weighted by Gasteiger charge is -2.24. The average Bonchev–Trinajstić information content (AvgIpc) is 3.12. The van der Waals surface area contributed by atoms with Gasteiger partial charge >= 0.3 is 0 Å². The van der Waals surface area contributed by atoms with Gasteiger partial charge in [-0.1, -0.05) is 12.0 Å².